The molecule has 1 amide bonds. The van der Waals surface area contributed by atoms with Crippen molar-refractivity contribution in [1.29, 1.82) is 0 Å². The summed E-state index contributed by atoms with van der Waals surface area (Å²) in [6, 6.07) is 17.0. The smallest absolute Gasteiger partial charge is 0.223 e. The SMILES string of the molecule is C=C(/C=C(\NC)c1ccc(F)cc1)C(=C)NC1(CC(=O)NC(C)(C)c2ccccc2)CN(C2CCC(C)(C)CC2)C1. The zero-order valence-electron chi connectivity index (χ0n) is 25.4. The Morgan fingerprint density at radius 1 is 1.05 bits per heavy atom. The highest BCUT2D eigenvalue weighted by Gasteiger charge is 2.48. The molecule has 5 nitrogen and oxygen atoms in total. The van der Waals surface area contributed by atoms with Gasteiger partial charge >= 0.3 is 0 Å². The summed E-state index contributed by atoms with van der Waals surface area (Å²) in [4.78, 5) is 16.1. The van der Waals surface area contributed by atoms with E-state index in [9.17, 15) is 9.18 Å². The third-order valence-electron chi connectivity index (χ3n) is 8.83. The third-order valence-corrected chi connectivity index (χ3v) is 8.83. The van der Waals surface area contributed by atoms with E-state index >= 15 is 0 Å². The van der Waals surface area contributed by atoms with Crippen LogP contribution in [-0.4, -0.2) is 42.5 Å². The summed E-state index contributed by atoms with van der Waals surface area (Å²) in [5, 5.41) is 10.1. The summed E-state index contributed by atoms with van der Waals surface area (Å²) in [6.45, 7) is 18.9. The predicted octanol–water partition coefficient (Wildman–Crippen LogP) is 6.51. The van der Waals surface area contributed by atoms with Crippen LogP contribution < -0.4 is 16.0 Å². The van der Waals surface area contributed by atoms with Gasteiger partial charge in [0.2, 0.25) is 5.91 Å². The standard InChI is InChI=1S/C35H47FN4O/c1-25(21-31(37-7)27-13-15-29(36)16-14-27)26(2)38-35(23-40(24-35)30-17-19-33(3,4)20-18-30)22-32(41)39-34(5,6)28-11-9-8-10-12-28/h8-16,21,30,37-38H,1-2,17-20,22-24H2,3-7H3,(H,39,41)/b31-21-. The molecule has 1 saturated carbocycles. The van der Waals surface area contributed by atoms with Gasteiger partial charge in [0.15, 0.2) is 0 Å². The summed E-state index contributed by atoms with van der Waals surface area (Å²) >= 11 is 0. The van der Waals surface area contributed by atoms with Gasteiger partial charge in [-0.25, -0.2) is 4.39 Å². The summed E-state index contributed by atoms with van der Waals surface area (Å²) < 4.78 is 13.5. The average Bonchev–Trinajstić information content (AvgIpc) is 2.90. The molecule has 0 atom stereocenters. The van der Waals surface area contributed by atoms with Gasteiger partial charge in [-0.05, 0) is 79.9 Å². The van der Waals surface area contributed by atoms with Crippen molar-refractivity contribution < 1.29 is 9.18 Å². The van der Waals surface area contributed by atoms with Crippen molar-refractivity contribution in [2.45, 2.75) is 76.9 Å². The predicted molar refractivity (Wildman–Crippen MR) is 167 cm³/mol. The normalized spacial score (nSPS) is 19.1. The van der Waals surface area contributed by atoms with Crippen LogP contribution in [-0.2, 0) is 10.3 Å². The molecular weight excluding hydrogens is 511 g/mol. The van der Waals surface area contributed by atoms with E-state index in [1.54, 1.807) is 12.1 Å². The van der Waals surface area contributed by atoms with Gasteiger partial charge < -0.3 is 16.0 Å². The molecule has 0 aromatic heterocycles. The zero-order chi connectivity index (χ0) is 29.8. The van der Waals surface area contributed by atoms with Crippen LogP contribution in [0.5, 0.6) is 0 Å². The Hall–Kier alpha value is -3.38. The highest BCUT2D eigenvalue weighted by molar-refractivity contribution is 5.79. The van der Waals surface area contributed by atoms with E-state index in [-0.39, 0.29) is 11.7 Å². The van der Waals surface area contributed by atoms with E-state index in [1.165, 1.54) is 37.8 Å². The van der Waals surface area contributed by atoms with E-state index in [2.05, 4.69) is 47.9 Å². The van der Waals surface area contributed by atoms with Crippen LogP contribution in [0.2, 0.25) is 0 Å². The number of nitrogens with zero attached hydrogens (tertiary/aromatic N) is 1. The molecule has 220 valence electrons. The maximum Gasteiger partial charge on any atom is 0.223 e. The van der Waals surface area contributed by atoms with Gasteiger partial charge in [0.25, 0.3) is 0 Å². The van der Waals surface area contributed by atoms with E-state index in [4.69, 9.17) is 0 Å². The molecule has 2 aromatic rings. The summed E-state index contributed by atoms with van der Waals surface area (Å²) in [7, 11) is 1.83. The van der Waals surface area contributed by atoms with Gasteiger partial charge in [-0.3, -0.25) is 9.69 Å². The highest BCUT2D eigenvalue weighted by Crippen LogP contribution is 2.40. The minimum atomic E-state index is -0.488. The second kappa shape index (κ2) is 12.2. The number of carbonyl (C=O) groups excluding carboxylic acids is 1. The minimum Gasteiger partial charge on any atom is -0.388 e. The number of carbonyl (C=O) groups is 1. The number of allylic oxidation sites excluding steroid dienone is 1. The summed E-state index contributed by atoms with van der Waals surface area (Å²) in [6.07, 6.45) is 7.08. The zero-order valence-corrected chi connectivity index (χ0v) is 25.4. The van der Waals surface area contributed by atoms with Gasteiger partial charge in [0.05, 0.1) is 17.5 Å². The van der Waals surface area contributed by atoms with Gasteiger partial charge in [0, 0.05) is 37.6 Å². The van der Waals surface area contributed by atoms with Crippen LogP contribution in [0.25, 0.3) is 5.70 Å². The number of amides is 1. The number of rotatable bonds is 11. The van der Waals surface area contributed by atoms with Crippen molar-refractivity contribution >= 4 is 11.6 Å². The number of benzene rings is 2. The van der Waals surface area contributed by atoms with Crippen molar-refractivity contribution in [3.05, 3.63) is 102 Å². The Kier molecular flexibility index (Phi) is 9.13. The second-order valence-electron chi connectivity index (χ2n) is 13.2. The first-order chi connectivity index (χ1) is 19.3. The van der Waals surface area contributed by atoms with E-state index in [0.717, 1.165) is 29.9 Å². The number of nitrogens with one attached hydrogen (secondary N) is 3. The number of hydrogen-bond acceptors (Lipinski definition) is 4. The molecule has 0 spiro atoms. The molecule has 1 saturated heterocycles. The number of likely N-dealkylation sites (tertiary alicyclic amines) is 1. The molecule has 2 aliphatic rings. The molecule has 0 bridgehead atoms. The highest BCUT2D eigenvalue weighted by atomic mass is 19.1. The molecule has 1 aliphatic heterocycles. The minimum absolute atomic E-state index is 0.00645. The monoisotopic (exact) mass is 558 g/mol. The van der Waals surface area contributed by atoms with Gasteiger partial charge in [-0.1, -0.05) is 69.5 Å². The van der Waals surface area contributed by atoms with Crippen molar-refractivity contribution in [1.82, 2.24) is 20.9 Å². The Balaban J connectivity index is 1.48. The van der Waals surface area contributed by atoms with Crippen LogP contribution in [0.15, 0.2) is 85.1 Å². The lowest BCUT2D eigenvalue weighted by molar-refractivity contribution is -0.127. The van der Waals surface area contributed by atoms with Crippen LogP contribution in [0.4, 0.5) is 4.39 Å². The quantitative estimate of drug-likeness (QED) is 0.275. The van der Waals surface area contributed by atoms with Crippen LogP contribution in [0.3, 0.4) is 0 Å². The molecule has 1 aliphatic carbocycles. The molecule has 2 aromatic carbocycles. The molecule has 3 N–H and O–H groups in total. The van der Waals surface area contributed by atoms with Gasteiger partial charge in [-0.15, -0.1) is 0 Å². The molecule has 1 heterocycles. The Morgan fingerprint density at radius 2 is 1.66 bits per heavy atom. The molecule has 0 radical (unpaired) electrons. The van der Waals surface area contributed by atoms with Crippen LogP contribution >= 0.6 is 0 Å². The van der Waals surface area contributed by atoms with E-state index in [1.807, 2.05) is 57.3 Å². The fraction of sp³-hybridized carbons (Fsp3) is 0.457. The first-order valence-electron chi connectivity index (χ1n) is 14.7. The molecule has 6 heteroatoms. The van der Waals surface area contributed by atoms with Crippen molar-refractivity contribution in [2.24, 2.45) is 5.41 Å². The maximum absolute atomic E-state index is 13.5. The molecule has 0 unspecified atom stereocenters. The summed E-state index contributed by atoms with van der Waals surface area (Å²) in [5.41, 5.74) is 3.61. The fourth-order valence-electron chi connectivity index (χ4n) is 6.19. The first-order valence-corrected chi connectivity index (χ1v) is 14.7. The summed E-state index contributed by atoms with van der Waals surface area (Å²) in [5.74, 6) is -0.271. The van der Waals surface area contributed by atoms with E-state index < -0.39 is 11.1 Å². The third kappa shape index (κ3) is 7.68. The van der Waals surface area contributed by atoms with Crippen molar-refractivity contribution in [2.75, 3.05) is 20.1 Å². The lowest BCUT2D eigenvalue weighted by Gasteiger charge is -2.55. The molecule has 2 fully saturated rings. The average molecular weight is 559 g/mol. The van der Waals surface area contributed by atoms with E-state index in [0.29, 0.717) is 29.1 Å². The van der Waals surface area contributed by atoms with Gasteiger partial charge in [0.1, 0.15) is 5.82 Å². The maximum atomic E-state index is 13.5. The van der Waals surface area contributed by atoms with Crippen LogP contribution in [0, 0.1) is 11.2 Å². The molecule has 41 heavy (non-hydrogen) atoms. The topological polar surface area (TPSA) is 56.4 Å². The lowest BCUT2D eigenvalue weighted by Crippen LogP contribution is -2.72. The van der Waals surface area contributed by atoms with Crippen molar-refractivity contribution in [3.8, 4) is 0 Å². The van der Waals surface area contributed by atoms with Crippen LogP contribution in [0.1, 0.15) is 70.9 Å². The first kappa shape index (κ1) is 30.6. The fourth-order valence-corrected chi connectivity index (χ4v) is 6.19. The number of hydrogen-bond donors (Lipinski definition) is 3. The molecule has 4 rings (SSSR count). The van der Waals surface area contributed by atoms with Gasteiger partial charge in [-0.2, -0.15) is 0 Å². The molecular formula is C35H47FN4O. The number of halogens is 1. The Bertz CT molecular complexity index is 1260. The largest absolute Gasteiger partial charge is 0.388 e. The second-order valence-corrected chi connectivity index (χ2v) is 13.2. The van der Waals surface area contributed by atoms with Crippen molar-refractivity contribution in [3.63, 3.8) is 0 Å². The Morgan fingerprint density at radius 3 is 2.24 bits per heavy atom. The lowest BCUT2D eigenvalue weighted by atomic mass is 9.73. The Labute approximate surface area is 246 Å².